The number of halogens is 1. The molecule has 0 aromatic heterocycles. The number of nitro benzene ring substituents is 1. The number of carboxylic acids is 1. The summed E-state index contributed by atoms with van der Waals surface area (Å²) < 4.78 is 5.86. The highest BCUT2D eigenvalue weighted by Crippen LogP contribution is 2.22. The smallest absolute Gasteiger partial charge is 0.341 e. The molecule has 0 heterocycles. The van der Waals surface area contributed by atoms with E-state index in [0.717, 1.165) is 0 Å². The molecule has 0 aliphatic carbocycles. The molecular weight excluding hydrogens is 422 g/mol. The zero-order valence-corrected chi connectivity index (χ0v) is 15.4. The first-order chi connectivity index (χ1) is 12.9. The predicted octanol–water partition coefficient (Wildman–Crippen LogP) is 2.51. The van der Waals surface area contributed by atoms with Gasteiger partial charge < -0.3 is 9.84 Å². The maximum atomic E-state index is 12.0. The van der Waals surface area contributed by atoms with Crippen molar-refractivity contribution in [3.05, 3.63) is 68.2 Å². The lowest BCUT2D eigenvalue weighted by molar-refractivity contribution is -0.385. The lowest BCUT2D eigenvalue weighted by Gasteiger charge is -2.07. The van der Waals surface area contributed by atoms with Crippen molar-refractivity contribution in [1.82, 2.24) is 5.43 Å². The minimum atomic E-state index is -1.13. The monoisotopic (exact) mass is 435 g/mol. The molecule has 1 amide bonds. The number of amides is 1. The molecule has 0 aliphatic heterocycles. The number of hydrogen-bond acceptors (Lipinski definition) is 6. The standard InChI is InChI=1S/C17H14BrN3O6/c18-13-5-6-15(27-10-17(23)24)12(7-13)9-19-20-16(22)8-11-3-1-2-4-14(11)21(25)26/h1-7,9H,8,10H2,(H,20,22)(H,23,24). The lowest BCUT2D eigenvalue weighted by atomic mass is 10.1. The molecule has 140 valence electrons. The Kier molecular flexibility index (Phi) is 7.00. The fourth-order valence-electron chi connectivity index (χ4n) is 2.12. The molecule has 2 aromatic rings. The van der Waals surface area contributed by atoms with E-state index in [2.05, 4.69) is 26.5 Å². The fourth-order valence-corrected chi connectivity index (χ4v) is 2.49. The summed E-state index contributed by atoms with van der Waals surface area (Å²) >= 11 is 3.28. The van der Waals surface area contributed by atoms with Crippen LogP contribution in [-0.4, -0.2) is 34.7 Å². The van der Waals surface area contributed by atoms with Crippen LogP contribution < -0.4 is 10.2 Å². The Labute approximate surface area is 161 Å². The van der Waals surface area contributed by atoms with Gasteiger partial charge >= 0.3 is 5.97 Å². The molecule has 9 nitrogen and oxygen atoms in total. The van der Waals surface area contributed by atoms with Crippen LogP contribution in [0.4, 0.5) is 5.69 Å². The van der Waals surface area contributed by atoms with E-state index >= 15 is 0 Å². The molecule has 0 saturated heterocycles. The molecule has 0 fully saturated rings. The van der Waals surface area contributed by atoms with Gasteiger partial charge in [-0.1, -0.05) is 34.1 Å². The first-order valence-corrected chi connectivity index (χ1v) is 8.34. The Bertz CT molecular complexity index is 900. The van der Waals surface area contributed by atoms with E-state index in [1.807, 2.05) is 0 Å². The Morgan fingerprint density at radius 1 is 1.30 bits per heavy atom. The first kappa shape index (κ1) is 20.0. The van der Waals surface area contributed by atoms with Gasteiger partial charge in [-0.15, -0.1) is 0 Å². The highest BCUT2D eigenvalue weighted by atomic mass is 79.9. The Balaban J connectivity index is 2.05. The van der Waals surface area contributed by atoms with Crippen LogP contribution >= 0.6 is 15.9 Å². The molecule has 0 radical (unpaired) electrons. The first-order valence-electron chi connectivity index (χ1n) is 7.55. The zero-order valence-electron chi connectivity index (χ0n) is 13.8. The fraction of sp³-hybridized carbons (Fsp3) is 0.118. The van der Waals surface area contributed by atoms with Crippen molar-refractivity contribution >= 4 is 39.7 Å². The molecular formula is C17H14BrN3O6. The summed E-state index contributed by atoms with van der Waals surface area (Å²) in [7, 11) is 0. The van der Waals surface area contributed by atoms with Gasteiger partial charge in [-0.2, -0.15) is 5.10 Å². The van der Waals surface area contributed by atoms with E-state index in [1.54, 1.807) is 24.3 Å². The number of benzene rings is 2. The molecule has 10 heteroatoms. The maximum Gasteiger partial charge on any atom is 0.341 e. The Hall–Kier alpha value is -3.27. The van der Waals surface area contributed by atoms with Gasteiger partial charge in [0.15, 0.2) is 6.61 Å². The van der Waals surface area contributed by atoms with E-state index in [1.165, 1.54) is 24.4 Å². The van der Waals surface area contributed by atoms with E-state index in [4.69, 9.17) is 9.84 Å². The number of nitrogens with one attached hydrogen (secondary N) is 1. The summed E-state index contributed by atoms with van der Waals surface area (Å²) in [5.74, 6) is -1.39. The molecule has 0 aliphatic rings. The number of hydrogen-bond donors (Lipinski definition) is 2. The number of hydrazone groups is 1. The summed E-state index contributed by atoms with van der Waals surface area (Å²) in [6.45, 7) is -0.521. The number of nitrogens with zero attached hydrogens (tertiary/aromatic N) is 2. The Morgan fingerprint density at radius 3 is 2.74 bits per heavy atom. The number of nitro groups is 1. The van der Waals surface area contributed by atoms with Crippen LogP contribution in [0.15, 0.2) is 52.0 Å². The van der Waals surface area contributed by atoms with Crippen LogP contribution in [0.1, 0.15) is 11.1 Å². The van der Waals surface area contributed by atoms with E-state index in [0.29, 0.717) is 10.0 Å². The van der Waals surface area contributed by atoms with Crippen LogP contribution in [-0.2, 0) is 16.0 Å². The van der Waals surface area contributed by atoms with Gasteiger partial charge in [0.05, 0.1) is 17.6 Å². The third-order valence-corrected chi connectivity index (χ3v) is 3.75. The molecule has 0 bridgehead atoms. The van der Waals surface area contributed by atoms with Gasteiger partial charge in [0, 0.05) is 21.7 Å². The van der Waals surface area contributed by atoms with Crippen molar-refractivity contribution in [2.45, 2.75) is 6.42 Å². The number of carbonyl (C=O) groups is 2. The number of para-hydroxylation sites is 1. The summed E-state index contributed by atoms with van der Waals surface area (Å²) in [6, 6.07) is 10.8. The molecule has 2 rings (SSSR count). The van der Waals surface area contributed by atoms with Crippen molar-refractivity contribution < 1.29 is 24.4 Å². The van der Waals surface area contributed by atoms with Crippen molar-refractivity contribution in [2.24, 2.45) is 5.10 Å². The lowest BCUT2D eigenvalue weighted by Crippen LogP contribution is -2.20. The van der Waals surface area contributed by atoms with Crippen molar-refractivity contribution in [1.29, 1.82) is 0 Å². The topological polar surface area (TPSA) is 131 Å². The minimum absolute atomic E-state index is 0.145. The highest BCUT2D eigenvalue weighted by molar-refractivity contribution is 9.10. The van der Waals surface area contributed by atoms with Gasteiger partial charge in [-0.25, -0.2) is 10.2 Å². The van der Waals surface area contributed by atoms with Crippen LogP contribution in [0, 0.1) is 10.1 Å². The van der Waals surface area contributed by atoms with Gasteiger partial charge in [0.2, 0.25) is 5.91 Å². The predicted molar refractivity (Wildman–Crippen MR) is 99.8 cm³/mol. The van der Waals surface area contributed by atoms with E-state index in [-0.39, 0.29) is 23.4 Å². The number of rotatable bonds is 8. The van der Waals surface area contributed by atoms with E-state index in [9.17, 15) is 19.7 Å². The number of ether oxygens (including phenoxy) is 1. The third-order valence-electron chi connectivity index (χ3n) is 3.26. The second kappa shape index (κ2) is 9.43. The van der Waals surface area contributed by atoms with Crippen LogP contribution in [0.25, 0.3) is 0 Å². The molecule has 2 aromatic carbocycles. The summed E-state index contributed by atoms with van der Waals surface area (Å²) in [5.41, 5.74) is 2.84. The van der Waals surface area contributed by atoms with Crippen LogP contribution in [0.2, 0.25) is 0 Å². The molecule has 0 saturated carbocycles. The van der Waals surface area contributed by atoms with Crippen molar-refractivity contribution in [2.75, 3.05) is 6.61 Å². The number of carboxylic acid groups (broad SMARTS) is 1. The van der Waals surface area contributed by atoms with Crippen LogP contribution in [0.3, 0.4) is 0 Å². The quantitative estimate of drug-likeness (QED) is 0.372. The molecule has 0 spiro atoms. The average molecular weight is 436 g/mol. The second-order valence-electron chi connectivity index (χ2n) is 5.22. The number of carbonyl (C=O) groups excluding carboxylic acids is 1. The largest absolute Gasteiger partial charge is 0.481 e. The zero-order chi connectivity index (χ0) is 19.8. The normalized spacial score (nSPS) is 10.6. The third kappa shape index (κ3) is 6.19. The highest BCUT2D eigenvalue weighted by Gasteiger charge is 2.15. The van der Waals surface area contributed by atoms with Gasteiger partial charge in [-0.05, 0) is 18.2 Å². The average Bonchev–Trinajstić information content (AvgIpc) is 2.61. The maximum absolute atomic E-state index is 12.0. The Morgan fingerprint density at radius 2 is 2.04 bits per heavy atom. The summed E-state index contributed by atoms with van der Waals surface area (Å²) in [5, 5.41) is 23.5. The molecule has 0 atom stereocenters. The summed E-state index contributed by atoms with van der Waals surface area (Å²) in [6.07, 6.45) is 1.08. The van der Waals surface area contributed by atoms with E-state index < -0.39 is 23.4 Å². The summed E-state index contributed by atoms with van der Waals surface area (Å²) in [4.78, 5) is 33.0. The molecule has 27 heavy (non-hydrogen) atoms. The number of aliphatic carboxylic acids is 1. The van der Waals surface area contributed by atoms with Gasteiger partial charge in [0.25, 0.3) is 5.69 Å². The minimum Gasteiger partial charge on any atom is -0.481 e. The van der Waals surface area contributed by atoms with Crippen molar-refractivity contribution in [3.8, 4) is 5.75 Å². The SMILES string of the molecule is O=C(O)COc1ccc(Br)cc1C=NNC(=O)Cc1ccccc1[N+](=O)[O-]. The van der Waals surface area contributed by atoms with Gasteiger partial charge in [0.1, 0.15) is 5.75 Å². The molecule has 2 N–H and O–H groups in total. The van der Waals surface area contributed by atoms with Crippen molar-refractivity contribution in [3.63, 3.8) is 0 Å². The van der Waals surface area contributed by atoms with Gasteiger partial charge in [-0.3, -0.25) is 14.9 Å². The molecule has 0 unspecified atom stereocenters. The van der Waals surface area contributed by atoms with Crippen LogP contribution in [0.5, 0.6) is 5.75 Å². The second-order valence-corrected chi connectivity index (χ2v) is 6.14.